The molecule has 0 aliphatic carbocycles. The van der Waals surface area contributed by atoms with Gasteiger partial charge in [-0.05, 0) is 91.1 Å². The number of ether oxygens (including phenoxy) is 11. The van der Waals surface area contributed by atoms with Crippen LogP contribution >= 0.6 is 0 Å². The summed E-state index contributed by atoms with van der Waals surface area (Å²) in [5, 5.41) is 31.0. The van der Waals surface area contributed by atoms with Crippen molar-refractivity contribution in [2.45, 2.75) is 263 Å². The Morgan fingerprint density at radius 1 is 0.764 bits per heavy atom. The predicted molar refractivity (Wildman–Crippen MR) is 257 cm³/mol. The molecule has 0 amide bonds. The van der Waals surface area contributed by atoms with Gasteiger partial charge in [0, 0.05) is 79.9 Å². The Bertz CT molecular complexity index is 2170. The minimum Gasteiger partial charge on any atom is -0.480 e. The van der Waals surface area contributed by atoms with E-state index in [4.69, 9.17) is 62.9 Å². The number of fused-ring (bicyclic) bond motifs is 10. The Balaban J connectivity index is 0.740. The normalized spacial score (nSPS) is 53.4. The van der Waals surface area contributed by atoms with Gasteiger partial charge in [0.2, 0.25) is 0 Å². The van der Waals surface area contributed by atoms with E-state index in [2.05, 4.69) is 46.8 Å². The molecule has 9 saturated heterocycles. The van der Waals surface area contributed by atoms with Crippen molar-refractivity contribution < 1.29 is 81.2 Å². The van der Waals surface area contributed by atoms with Gasteiger partial charge < -0.3 is 73.2 Å². The second-order valence-electron chi connectivity index (χ2n) is 24.7. The molecule has 5 N–H and O–H groups in total. The summed E-state index contributed by atoms with van der Waals surface area (Å²) in [6.07, 6.45) is 7.32. The zero-order chi connectivity index (χ0) is 50.9. The molecule has 26 atom stereocenters. The van der Waals surface area contributed by atoms with Crippen LogP contribution in [0.4, 0.5) is 0 Å². The van der Waals surface area contributed by atoms with Crippen molar-refractivity contribution in [3.05, 3.63) is 23.8 Å². The number of carboxylic acids is 1. The smallest absolute Gasteiger partial charge is 0.331 e. The zero-order valence-corrected chi connectivity index (χ0v) is 43.7. The lowest BCUT2D eigenvalue weighted by atomic mass is 9.72. The molecule has 2 unspecified atom stereocenters. The number of aliphatic hydroxyl groups excluding tert-OH is 2. The summed E-state index contributed by atoms with van der Waals surface area (Å²) in [6.45, 7) is 14.4. The summed E-state index contributed by atoms with van der Waals surface area (Å²) >= 11 is 0. The molecule has 9 fully saturated rings. The van der Waals surface area contributed by atoms with Crippen molar-refractivity contribution in [3.63, 3.8) is 0 Å². The number of rotatable bonds is 8. The number of esters is 1. The van der Waals surface area contributed by atoms with Crippen LogP contribution in [0.5, 0.6) is 0 Å². The molecule has 404 valence electrons. The number of hydrogen-bond acceptors (Lipinski definition) is 17. The van der Waals surface area contributed by atoms with E-state index in [9.17, 15) is 24.0 Å². The molecule has 0 radical (unpaired) electrons. The van der Waals surface area contributed by atoms with E-state index >= 15 is 0 Å². The molecule has 11 aliphatic rings. The van der Waals surface area contributed by atoms with Gasteiger partial charge in [0.1, 0.15) is 30.0 Å². The Labute approximate surface area is 425 Å². The fraction of sp³-hybridized carbons (Fsp3) is 0.887. The average molecular weight is 1030 g/mol. The van der Waals surface area contributed by atoms with E-state index in [-0.39, 0.29) is 122 Å². The number of nitrogens with two attached hydrogens (primary N) is 1. The summed E-state index contributed by atoms with van der Waals surface area (Å²) in [5.74, 6) is -1.96. The molecule has 19 heteroatoms. The number of hydrogen-bond donors (Lipinski definition) is 4. The van der Waals surface area contributed by atoms with Crippen LogP contribution in [0.25, 0.3) is 0 Å². The van der Waals surface area contributed by atoms with Crippen LogP contribution in [-0.4, -0.2) is 187 Å². The van der Waals surface area contributed by atoms with Crippen LogP contribution in [0.1, 0.15) is 126 Å². The Morgan fingerprint density at radius 3 is 2.29 bits per heavy atom. The van der Waals surface area contributed by atoms with Crippen LogP contribution in [0, 0.1) is 11.8 Å². The number of carbonyl (C=O) groups is 2. The van der Waals surface area contributed by atoms with Crippen LogP contribution in [0.15, 0.2) is 23.8 Å². The van der Waals surface area contributed by atoms with Crippen LogP contribution in [-0.2, 0) is 72.5 Å². The second kappa shape index (κ2) is 19.2. The molecular weight excluding hydrogens is 955 g/mol. The van der Waals surface area contributed by atoms with E-state index in [0.717, 1.165) is 24.8 Å². The second-order valence-corrected chi connectivity index (χ2v) is 26.3. The first-order valence-corrected chi connectivity index (χ1v) is 28.4. The molecule has 0 bridgehead atoms. The summed E-state index contributed by atoms with van der Waals surface area (Å²) < 4.78 is 88.7. The summed E-state index contributed by atoms with van der Waals surface area (Å²) in [4.78, 5) is 23.5. The maximum Gasteiger partial charge on any atom is 0.331 e. The highest BCUT2D eigenvalue weighted by Crippen LogP contribution is 2.55. The molecule has 72 heavy (non-hydrogen) atoms. The Hall–Kier alpha value is -1.95. The van der Waals surface area contributed by atoms with E-state index in [1.807, 2.05) is 13.8 Å². The van der Waals surface area contributed by atoms with Gasteiger partial charge in [0.15, 0.2) is 0 Å². The van der Waals surface area contributed by atoms with E-state index in [1.54, 1.807) is 0 Å². The van der Waals surface area contributed by atoms with Crippen LogP contribution < -0.4 is 5.73 Å². The highest BCUT2D eigenvalue weighted by atomic mass is 32.2. The van der Waals surface area contributed by atoms with Crippen LogP contribution in [0.2, 0.25) is 0 Å². The number of carboxylic acid groups (broad SMARTS) is 1. The van der Waals surface area contributed by atoms with Gasteiger partial charge in [0.05, 0.1) is 108 Å². The molecule has 0 aromatic carbocycles. The van der Waals surface area contributed by atoms with Crippen molar-refractivity contribution >= 4 is 22.7 Å². The SMILES string of the molecule is CC1=CC(=O)O[C@H]2C[C@H]3O[C@H]4C[C@@H](C)[C@H]5O[C@H]6C[C@H]7O[C@@]8(C)C/C=C\[C@H]9O[C@H]%10C[C@H]%11O[C@H](CC(CO)CS(=O)C[C@H](N)C(=O)O)C[C@H](O)[C@]%11(C)O[C@@H]%10C[C@@H]9O[C@@H]8C[C@]7(C)O[C@]6(C)CC[C@@H]5O[C@@H]4C[C@]3(C)O[C@H]12. The molecule has 11 aliphatic heterocycles. The highest BCUT2D eigenvalue weighted by Gasteiger charge is 2.64. The Morgan fingerprint density at radius 2 is 1.51 bits per heavy atom. The van der Waals surface area contributed by atoms with Crippen molar-refractivity contribution in [2.24, 2.45) is 17.6 Å². The maximum atomic E-state index is 12.7. The molecule has 0 saturated carbocycles. The zero-order valence-electron chi connectivity index (χ0n) is 42.9. The first-order valence-electron chi connectivity index (χ1n) is 26.9. The molecule has 0 aromatic rings. The quantitative estimate of drug-likeness (QED) is 0.201. The summed E-state index contributed by atoms with van der Waals surface area (Å²) in [5.41, 5.74) is 2.93. The molecule has 11 rings (SSSR count). The van der Waals surface area contributed by atoms with Gasteiger partial charge in [0.25, 0.3) is 0 Å². The third kappa shape index (κ3) is 9.44. The predicted octanol–water partition coefficient (Wildman–Crippen LogP) is 3.49. The lowest BCUT2D eigenvalue weighted by Gasteiger charge is -2.60. The third-order valence-corrected chi connectivity index (χ3v) is 20.6. The van der Waals surface area contributed by atoms with E-state index in [0.29, 0.717) is 51.4 Å². The van der Waals surface area contributed by atoms with Crippen molar-refractivity contribution in [1.82, 2.24) is 0 Å². The molecule has 11 heterocycles. The topological polar surface area (TPSA) is 239 Å². The summed E-state index contributed by atoms with van der Waals surface area (Å²) in [6, 6.07) is -1.25. The Kier molecular flexibility index (Phi) is 13.9. The van der Waals surface area contributed by atoms with Gasteiger partial charge in [-0.1, -0.05) is 19.1 Å². The maximum absolute atomic E-state index is 12.7. The first kappa shape index (κ1) is 52.1. The number of aliphatic hydroxyl groups is 2. The van der Waals surface area contributed by atoms with E-state index < -0.39 is 75.0 Å². The largest absolute Gasteiger partial charge is 0.480 e. The number of carbonyl (C=O) groups excluding carboxylic acids is 1. The first-order chi connectivity index (χ1) is 34.1. The van der Waals surface area contributed by atoms with Crippen molar-refractivity contribution in [1.29, 1.82) is 0 Å². The van der Waals surface area contributed by atoms with E-state index in [1.165, 1.54) is 6.08 Å². The minimum atomic E-state index is -1.55. The highest BCUT2D eigenvalue weighted by molar-refractivity contribution is 7.85. The molecular formula is C53H79NO17S. The van der Waals surface area contributed by atoms with Gasteiger partial charge in [-0.25, -0.2) is 4.79 Å². The minimum absolute atomic E-state index is 0.0772. The average Bonchev–Trinajstić information content (AvgIpc) is 3.51. The fourth-order valence-corrected chi connectivity index (χ4v) is 16.3. The van der Waals surface area contributed by atoms with Gasteiger partial charge in [-0.3, -0.25) is 9.00 Å². The third-order valence-electron chi connectivity index (χ3n) is 19.1. The lowest BCUT2D eigenvalue weighted by Crippen LogP contribution is -2.70. The molecule has 18 nitrogen and oxygen atoms in total. The lowest BCUT2D eigenvalue weighted by molar-refractivity contribution is -0.356. The van der Waals surface area contributed by atoms with Crippen LogP contribution in [0.3, 0.4) is 0 Å². The molecule has 0 spiro atoms. The van der Waals surface area contributed by atoms with Gasteiger partial charge in [-0.15, -0.1) is 0 Å². The fourth-order valence-electron chi connectivity index (χ4n) is 14.8. The number of aliphatic carboxylic acids is 1. The standard InChI is InChI=1S/C53H79NO17S/c1-26-13-33-38(21-51(5)40(64-33)19-37-47(70-51)27(2)14-45(57)66-37)63-32-10-12-50(4)41(67-46(26)32)20-42-52(6,71-50)22-44-49(3,69-42)11-8-9-31-34(65-44)17-36-35(62-31)18-43-53(7,68-36)39(56)16-29(61-43)15-28(23-55)24-72(60)25-30(54)48(58)59/h8-9,14,26,28-44,46-47,55-56H,10-13,15-25,54H2,1-7H3,(H,58,59)/b9-8-/t26-,28?,29-,30+,31-,32+,33+,34+,35+,36-,37+,38-,39+,40-,41+,42-,43-,44-,46-,47-,49+,50-,51+,52+,53+,72?/m1/s1. The monoisotopic (exact) mass is 1030 g/mol. The van der Waals surface area contributed by atoms with Crippen molar-refractivity contribution in [3.8, 4) is 0 Å². The van der Waals surface area contributed by atoms with Gasteiger partial charge >= 0.3 is 11.9 Å². The molecule has 0 aromatic heterocycles. The van der Waals surface area contributed by atoms with Gasteiger partial charge in [-0.2, -0.15) is 0 Å². The summed E-state index contributed by atoms with van der Waals surface area (Å²) in [7, 11) is -1.55. The van der Waals surface area contributed by atoms with Crippen molar-refractivity contribution in [2.75, 3.05) is 18.1 Å².